The maximum absolute atomic E-state index is 13.4. The van der Waals surface area contributed by atoms with E-state index >= 15 is 0 Å². The fourth-order valence-electron chi connectivity index (χ4n) is 2.53. The van der Waals surface area contributed by atoms with Crippen LogP contribution in [0.1, 0.15) is 22.0 Å². The van der Waals surface area contributed by atoms with Crippen LogP contribution in [0.2, 0.25) is 0 Å². The maximum Gasteiger partial charge on any atom is 0.252 e. The van der Waals surface area contributed by atoms with E-state index in [1.807, 2.05) is 12.1 Å². The highest BCUT2D eigenvalue weighted by Crippen LogP contribution is 2.17. The predicted molar refractivity (Wildman–Crippen MR) is 98.1 cm³/mol. The first-order chi connectivity index (χ1) is 12.6. The van der Waals surface area contributed by atoms with Crippen LogP contribution in [-0.4, -0.2) is 11.8 Å². The van der Waals surface area contributed by atoms with E-state index in [9.17, 15) is 14.0 Å². The molecule has 0 aromatic heterocycles. The van der Waals surface area contributed by atoms with Crippen molar-refractivity contribution in [3.05, 3.63) is 102 Å². The van der Waals surface area contributed by atoms with Crippen LogP contribution in [0.3, 0.4) is 0 Å². The molecule has 0 aliphatic heterocycles. The highest BCUT2D eigenvalue weighted by Gasteiger charge is 2.23. The Labute approximate surface area is 150 Å². The summed E-state index contributed by atoms with van der Waals surface area (Å²) in [5.74, 6) is -1.27. The molecule has 0 saturated carbocycles. The number of nitrogens with one attached hydrogen (secondary N) is 2. The Morgan fingerprint density at radius 1 is 0.808 bits per heavy atom. The standard InChI is InChI=1S/C21H17FN2O2/c22-17-12-7-13-18(14-17)23-21(26)19(15-8-3-1-4-9-15)24-20(25)16-10-5-2-6-11-16/h1-14,19H,(H,23,26)(H,24,25). The van der Waals surface area contributed by atoms with Gasteiger partial charge in [0.1, 0.15) is 11.9 Å². The van der Waals surface area contributed by atoms with Gasteiger partial charge in [0.25, 0.3) is 11.8 Å². The number of rotatable bonds is 5. The molecule has 1 unspecified atom stereocenters. The number of anilines is 1. The molecule has 0 aliphatic rings. The van der Waals surface area contributed by atoms with Crippen LogP contribution in [0.4, 0.5) is 10.1 Å². The SMILES string of the molecule is O=C(NC(C(=O)Nc1cccc(F)c1)c1ccccc1)c1ccccc1. The molecular weight excluding hydrogens is 331 g/mol. The lowest BCUT2D eigenvalue weighted by atomic mass is 10.1. The topological polar surface area (TPSA) is 58.2 Å². The first-order valence-corrected chi connectivity index (χ1v) is 8.11. The zero-order chi connectivity index (χ0) is 18.4. The average Bonchev–Trinajstić information content (AvgIpc) is 2.67. The van der Waals surface area contributed by atoms with Crippen molar-refractivity contribution >= 4 is 17.5 Å². The number of halogens is 1. The maximum atomic E-state index is 13.4. The van der Waals surface area contributed by atoms with Gasteiger partial charge in [-0.3, -0.25) is 9.59 Å². The zero-order valence-electron chi connectivity index (χ0n) is 13.9. The largest absolute Gasteiger partial charge is 0.336 e. The third-order valence-corrected chi connectivity index (χ3v) is 3.80. The van der Waals surface area contributed by atoms with Crippen LogP contribution >= 0.6 is 0 Å². The second-order valence-corrected chi connectivity index (χ2v) is 5.68. The summed E-state index contributed by atoms with van der Waals surface area (Å²) in [6.07, 6.45) is 0. The third kappa shape index (κ3) is 4.33. The first kappa shape index (κ1) is 17.4. The number of amides is 2. The molecule has 130 valence electrons. The Bertz CT molecular complexity index is 898. The van der Waals surface area contributed by atoms with Gasteiger partial charge in [-0.1, -0.05) is 54.6 Å². The monoisotopic (exact) mass is 348 g/mol. The molecule has 3 aromatic rings. The molecule has 0 spiro atoms. The van der Waals surface area contributed by atoms with Crippen molar-refractivity contribution in [2.45, 2.75) is 6.04 Å². The summed E-state index contributed by atoms with van der Waals surface area (Å²) < 4.78 is 13.4. The fourth-order valence-corrected chi connectivity index (χ4v) is 2.53. The molecule has 0 heterocycles. The molecule has 0 fully saturated rings. The summed E-state index contributed by atoms with van der Waals surface area (Å²) in [5, 5.41) is 5.38. The lowest BCUT2D eigenvalue weighted by Gasteiger charge is -2.19. The Kier molecular flexibility index (Phi) is 5.39. The summed E-state index contributed by atoms with van der Waals surface area (Å²) in [6.45, 7) is 0. The van der Waals surface area contributed by atoms with Gasteiger partial charge in [-0.25, -0.2) is 4.39 Å². The fraction of sp³-hybridized carbons (Fsp3) is 0.0476. The minimum atomic E-state index is -0.910. The van der Waals surface area contributed by atoms with Crippen LogP contribution in [0.25, 0.3) is 0 Å². The third-order valence-electron chi connectivity index (χ3n) is 3.80. The van der Waals surface area contributed by atoms with Gasteiger partial charge in [-0.05, 0) is 35.9 Å². The average molecular weight is 348 g/mol. The second-order valence-electron chi connectivity index (χ2n) is 5.68. The minimum absolute atomic E-state index is 0.324. The molecule has 5 heteroatoms. The van der Waals surface area contributed by atoms with Gasteiger partial charge in [-0.2, -0.15) is 0 Å². The lowest BCUT2D eigenvalue weighted by Crippen LogP contribution is -2.37. The summed E-state index contributed by atoms with van der Waals surface area (Å²) in [6, 6.07) is 22.2. The van der Waals surface area contributed by atoms with Crippen LogP contribution in [0.15, 0.2) is 84.9 Å². The van der Waals surface area contributed by atoms with E-state index < -0.39 is 17.8 Å². The lowest BCUT2D eigenvalue weighted by molar-refractivity contribution is -0.118. The molecular formula is C21H17FN2O2. The van der Waals surface area contributed by atoms with Crippen molar-refractivity contribution in [3.63, 3.8) is 0 Å². The molecule has 4 nitrogen and oxygen atoms in total. The van der Waals surface area contributed by atoms with Gasteiger partial charge < -0.3 is 10.6 Å². The minimum Gasteiger partial charge on any atom is -0.336 e. The van der Waals surface area contributed by atoms with E-state index in [0.717, 1.165) is 0 Å². The normalized spacial score (nSPS) is 11.4. The van der Waals surface area contributed by atoms with Gasteiger partial charge in [0, 0.05) is 11.3 Å². The Balaban J connectivity index is 1.84. The number of hydrogen-bond donors (Lipinski definition) is 2. The van der Waals surface area contributed by atoms with Gasteiger partial charge >= 0.3 is 0 Å². The van der Waals surface area contributed by atoms with E-state index in [2.05, 4.69) is 10.6 Å². The van der Waals surface area contributed by atoms with Gasteiger partial charge in [-0.15, -0.1) is 0 Å². The number of benzene rings is 3. The van der Waals surface area contributed by atoms with Gasteiger partial charge in [0.2, 0.25) is 0 Å². The van der Waals surface area contributed by atoms with Crippen molar-refractivity contribution in [1.82, 2.24) is 5.32 Å². The van der Waals surface area contributed by atoms with Crippen LogP contribution in [-0.2, 0) is 4.79 Å². The Morgan fingerprint density at radius 2 is 1.46 bits per heavy atom. The van der Waals surface area contributed by atoms with Crippen LogP contribution < -0.4 is 10.6 Å². The van der Waals surface area contributed by atoms with Crippen molar-refractivity contribution in [2.24, 2.45) is 0 Å². The first-order valence-electron chi connectivity index (χ1n) is 8.11. The molecule has 0 saturated heterocycles. The molecule has 2 amide bonds. The Hall–Kier alpha value is -3.47. The predicted octanol–water partition coefficient (Wildman–Crippen LogP) is 3.94. The van der Waals surface area contributed by atoms with Crippen molar-refractivity contribution < 1.29 is 14.0 Å². The van der Waals surface area contributed by atoms with Crippen molar-refractivity contribution in [2.75, 3.05) is 5.32 Å². The smallest absolute Gasteiger partial charge is 0.252 e. The van der Waals surface area contributed by atoms with Crippen LogP contribution in [0, 0.1) is 5.82 Å². The molecule has 2 N–H and O–H groups in total. The Morgan fingerprint density at radius 3 is 2.12 bits per heavy atom. The van der Waals surface area contributed by atoms with Gasteiger partial charge in [0.15, 0.2) is 0 Å². The summed E-state index contributed by atoms with van der Waals surface area (Å²) in [5.41, 5.74) is 1.41. The molecule has 0 aliphatic carbocycles. The molecule has 1 atom stereocenters. The van der Waals surface area contributed by atoms with Gasteiger partial charge in [0.05, 0.1) is 0 Å². The van der Waals surface area contributed by atoms with Crippen LogP contribution in [0.5, 0.6) is 0 Å². The molecule has 3 aromatic carbocycles. The van der Waals surface area contributed by atoms with Crippen molar-refractivity contribution in [1.29, 1.82) is 0 Å². The molecule has 0 bridgehead atoms. The number of carbonyl (C=O) groups is 2. The summed E-state index contributed by atoms with van der Waals surface area (Å²) >= 11 is 0. The van der Waals surface area contributed by atoms with E-state index in [4.69, 9.17) is 0 Å². The molecule has 0 radical (unpaired) electrons. The second kappa shape index (κ2) is 8.07. The quantitative estimate of drug-likeness (QED) is 0.734. The van der Waals surface area contributed by atoms with E-state index in [0.29, 0.717) is 16.8 Å². The molecule has 3 rings (SSSR count). The van der Waals surface area contributed by atoms with E-state index in [-0.39, 0.29) is 5.91 Å². The number of hydrogen-bond acceptors (Lipinski definition) is 2. The van der Waals surface area contributed by atoms with Crippen molar-refractivity contribution in [3.8, 4) is 0 Å². The zero-order valence-corrected chi connectivity index (χ0v) is 13.9. The summed E-state index contributed by atoms with van der Waals surface area (Å²) in [7, 11) is 0. The summed E-state index contributed by atoms with van der Waals surface area (Å²) in [4.78, 5) is 25.2. The highest BCUT2D eigenvalue weighted by molar-refractivity contribution is 6.01. The van der Waals surface area contributed by atoms with E-state index in [1.54, 1.807) is 54.6 Å². The molecule has 26 heavy (non-hydrogen) atoms. The number of carbonyl (C=O) groups excluding carboxylic acids is 2. The highest BCUT2D eigenvalue weighted by atomic mass is 19.1. The van der Waals surface area contributed by atoms with E-state index in [1.165, 1.54) is 18.2 Å².